The highest BCUT2D eigenvalue weighted by Crippen LogP contribution is 2.32. The Bertz CT molecular complexity index is 676. The molecule has 3 N–H and O–H groups in total. The van der Waals surface area contributed by atoms with Crippen molar-refractivity contribution in [1.82, 2.24) is 4.72 Å². The van der Waals surface area contributed by atoms with Crippen molar-refractivity contribution in [2.45, 2.75) is 49.5 Å². The molecule has 1 aromatic rings. The number of rotatable bonds is 7. The van der Waals surface area contributed by atoms with Crippen molar-refractivity contribution >= 4 is 21.6 Å². The van der Waals surface area contributed by atoms with Gasteiger partial charge >= 0.3 is 0 Å². The largest absolute Gasteiger partial charge is 0.492 e. The van der Waals surface area contributed by atoms with Crippen LogP contribution in [-0.2, 0) is 10.0 Å². The van der Waals surface area contributed by atoms with Gasteiger partial charge in [-0.15, -0.1) is 0 Å². The SMILES string of the molecule is NCC1CCCC1NS(=O)(=O)c1cc(Cl)ccc1OCC1CCC1. The monoisotopic (exact) mass is 372 g/mol. The first kappa shape index (κ1) is 18.0. The van der Waals surface area contributed by atoms with Crippen LogP contribution in [0.4, 0.5) is 0 Å². The number of benzene rings is 1. The molecule has 3 rings (SSSR count). The van der Waals surface area contributed by atoms with Crippen molar-refractivity contribution in [2.75, 3.05) is 13.2 Å². The smallest absolute Gasteiger partial charge is 0.244 e. The summed E-state index contributed by atoms with van der Waals surface area (Å²) in [6.45, 7) is 1.05. The zero-order chi connectivity index (χ0) is 17.2. The van der Waals surface area contributed by atoms with Crippen molar-refractivity contribution in [3.8, 4) is 5.75 Å². The summed E-state index contributed by atoms with van der Waals surface area (Å²) in [5.74, 6) is 1.10. The summed E-state index contributed by atoms with van der Waals surface area (Å²) in [7, 11) is -3.69. The molecule has 2 fully saturated rings. The van der Waals surface area contributed by atoms with E-state index in [9.17, 15) is 8.42 Å². The number of hydrogen-bond donors (Lipinski definition) is 2. The van der Waals surface area contributed by atoms with E-state index >= 15 is 0 Å². The second kappa shape index (κ2) is 7.60. The number of nitrogens with one attached hydrogen (secondary N) is 1. The fourth-order valence-corrected chi connectivity index (χ4v) is 5.16. The maximum Gasteiger partial charge on any atom is 0.244 e. The Balaban J connectivity index is 1.78. The van der Waals surface area contributed by atoms with E-state index in [1.807, 2.05) is 0 Å². The Hall–Kier alpha value is -0.820. The molecular formula is C17H25ClN2O3S. The zero-order valence-corrected chi connectivity index (χ0v) is 15.3. The van der Waals surface area contributed by atoms with Crippen LogP contribution in [0.25, 0.3) is 0 Å². The maximum absolute atomic E-state index is 12.9. The maximum atomic E-state index is 12.9. The normalized spacial score (nSPS) is 24.8. The average Bonchev–Trinajstić information content (AvgIpc) is 2.93. The summed E-state index contributed by atoms with van der Waals surface area (Å²) in [6.07, 6.45) is 6.30. The number of halogens is 1. The number of nitrogens with two attached hydrogens (primary N) is 1. The molecule has 0 radical (unpaired) electrons. The van der Waals surface area contributed by atoms with Gasteiger partial charge in [-0.1, -0.05) is 24.4 Å². The third kappa shape index (κ3) is 4.04. The Morgan fingerprint density at radius 1 is 1.21 bits per heavy atom. The molecule has 134 valence electrons. The molecule has 2 saturated carbocycles. The Morgan fingerprint density at radius 3 is 2.62 bits per heavy atom. The van der Waals surface area contributed by atoms with E-state index in [-0.39, 0.29) is 16.9 Å². The van der Waals surface area contributed by atoms with Crippen molar-refractivity contribution in [2.24, 2.45) is 17.6 Å². The molecule has 7 heteroatoms. The van der Waals surface area contributed by atoms with Gasteiger partial charge in [0.2, 0.25) is 10.0 Å². The summed E-state index contributed by atoms with van der Waals surface area (Å²) in [5, 5.41) is 0.383. The molecule has 2 atom stereocenters. The standard InChI is InChI=1S/C17H25ClN2O3S/c18-14-7-8-16(23-11-12-3-1-4-12)17(9-14)24(21,22)20-15-6-2-5-13(15)10-19/h7-9,12-13,15,20H,1-6,10-11,19H2. The molecule has 24 heavy (non-hydrogen) atoms. The lowest BCUT2D eigenvalue weighted by atomic mass is 9.86. The van der Waals surface area contributed by atoms with E-state index in [4.69, 9.17) is 22.1 Å². The van der Waals surface area contributed by atoms with Crippen LogP contribution in [-0.4, -0.2) is 27.6 Å². The highest BCUT2D eigenvalue weighted by molar-refractivity contribution is 7.89. The van der Waals surface area contributed by atoms with Gasteiger partial charge in [-0.05, 0) is 62.3 Å². The van der Waals surface area contributed by atoms with Crippen LogP contribution in [0, 0.1) is 11.8 Å². The molecule has 0 amide bonds. The first-order valence-electron chi connectivity index (χ1n) is 8.64. The lowest BCUT2D eigenvalue weighted by Crippen LogP contribution is -2.40. The minimum Gasteiger partial charge on any atom is -0.492 e. The molecule has 0 spiro atoms. The highest BCUT2D eigenvalue weighted by atomic mass is 35.5. The molecule has 0 heterocycles. The van der Waals surface area contributed by atoms with E-state index in [1.165, 1.54) is 12.5 Å². The fraction of sp³-hybridized carbons (Fsp3) is 0.647. The Morgan fingerprint density at radius 2 is 1.96 bits per heavy atom. The van der Waals surface area contributed by atoms with Gasteiger partial charge in [0.1, 0.15) is 10.6 Å². The third-order valence-electron chi connectivity index (χ3n) is 5.16. The lowest BCUT2D eigenvalue weighted by Gasteiger charge is -2.26. The van der Waals surface area contributed by atoms with Gasteiger partial charge in [0.05, 0.1) is 6.61 Å². The fourth-order valence-electron chi connectivity index (χ4n) is 3.42. The van der Waals surface area contributed by atoms with Crippen LogP contribution < -0.4 is 15.2 Å². The molecule has 2 aliphatic carbocycles. The van der Waals surface area contributed by atoms with Gasteiger partial charge in [0.15, 0.2) is 0 Å². The zero-order valence-electron chi connectivity index (χ0n) is 13.7. The van der Waals surface area contributed by atoms with E-state index in [0.717, 1.165) is 32.1 Å². The van der Waals surface area contributed by atoms with E-state index in [2.05, 4.69) is 4.72 Å². The van der Waals surface area contributed by atoms with Crippen LogP contribution in [0.3, 0.4) is 0 Å². The van der Waals surface area contributed by atoms with Crippen molar-refractivity contribution in [3.63, 3.8) is 0 Å². The molecule has 0 saturated heterocycles. The van der Waals surface area contributed by atoms with Crippen molar-refractivity contribution in [1.29, 1.82) is 0 Å². The second-order valence-corrected chi connectivity index (χ2v) is 8.97. The van der Waals surface area contributed by atoms with Gasteiger partial charge < -0.3 is 10.5 Å². The Kier molecular flexibility index (Phi) is 5.70. The van der Waals surface area contributed by atoms with Gasteiger partial charge in [-0.25, -0.2) is 13.1 Å². The predicted molar refractivity (Wildman–Crippen MR) is 94.8 cm³/mol. The van der Waals surface area contributed by atoms with Crippen LogP contribution >= 0.6 is 11.6 Å². The summed E-state index contributed by atoms with van der Waals surface area (Å²) in [5.41, 5.74) is 5.76. The molecule has 2 aliphatic rings. The molecule has 0 bridgehead atoms. The first-order chi connectivity index (χ1) is 11.5. The second-order valence-electron chi connectivity index (χ2n) is 6.85. The average molecular weight is 373 g/mol. The van der Waals surface area contributed by atoms with E-state index in [1.54, 1.807) is 12.1 Å². The minimum absolute atomic E-state index is 0.113. The summed E-state index contributed by atoms with van der Waals surface area (Å²) in [4.78, 5) is 0.122. The molecule has 1 aromatic carbocycles. The predicted octanol–water partition coefficient (Wildman–Crippen LogP) is 2.92. The summed E-state index contributed by atoms with van der Waals surface area (Å²) in [6, 6.07) is 4.66. The number of hydrogen-bond acceptors (Lipinski definition) is 4. The topological polar surface area (TPSA) is 81.4 Å². The van der Waals surface area contributed by atoms with Crippen molar-refractivity contribution < 1.29 is 13.2 Å². The van der Waals surface area contributed by atoms with Gasteiger partial charge in [0.25, 0.3) is 0 Å². The summed E-state index contributed by atoms with van der Waals surface area (Å²) < 4.78 is 34.3. The van der Waals surface area contributed by atoms with Crippen LogP contribution in [0.15, 0.2) is 23.1 Å². The molecule has 0 aliphatic heterocycles. The Labute approximate surface area is 149 Å². The molecule has 5 nitrogen and oxygen atoms in total. The van der Waals surface area contributed by atoms with E-state index in [0.29, 0.717) is 29.8 Å². The molecule has 0 aromatic heterocycles. The summed E-state index contributed by atoms with van der Waals surface area (Å²) >= 11 is 6.03. The number of ether oxygens (including phenoxy) is 1. The molecular weight excluding hydrogens is 348 g/mol. The van der Waals surface area contributed by atoms with Crippen LogP contribution in [0.2, 0.25) is 5.02 Å². The van der Waals surface area contributed by atoms with Crippen LogP contribution in [0.1, 0.15) is 38.5 Å². The van der Waals surface area contributed by atoms with Crippen molar-refractivity contribution in [3.05, 3.63) is 23.2 Å². The van der Waals surface area contributed by atoms with Crippen LogP contribution in [0.5, 0.6) is 5.75 Å². The highest BCUT2D eigenvalue weighted by Gasteiger charge is 2.32. The molecule has 2 unspecified atom stereocenters. The minimum atomic E-state index is -3.69. The quantitative estimate of drug-likeness (QED) is 0.771. The first-order valence-corrected chi connectivity index (χ1v) is 10.5. The lowest BCUT2D eigenvalue weighted by molar-refractivity contribution is 0.177. The van der Waals surface area contributed by atoms with Gasteiger partial charge in [0, 0.05) is 11.1 Å². The third-order valence-corrected chi connectivity index (χ3v) is 6.91. The van der Waals surface area contributed by atoms with E-state index < -0.39 is 10.0 Å². The number of sulfonamides is 1. The van der Waals surface area contributed by atoms with Gasteiger partial charge in [-0.2, -0.15) is 0 Å². The van der Waals surface area contributed by atoms with Gasteiger partial charge in [-0.3, -0.25) is 0 Å².